The van der Waals surface area contributed by atoms with Gasteiger partial charge in [-0.25, -0.2) is 0 Å². The Labute approximate surface area is 84.1 Å². The number of nitrogens with zero attached hydrogens (tertiary/aromatic N) is 2. The lowest BCUT2D eigenvalue weighted by molar-refractivity contribution is 0.308. The van der Waals surface area contributed by atoms with E-state index in [-0.39, 0.29) is 5.41 Å². The molecule has 2 rings (SSSR count). The maximum absolute atomic E-state index is 5.21. The van der Waals surface area contributed by atoms with Gasteiger partial charge in [0.05, 0.1) is 0 Å². The first-order valence-electron chi connectivity index (χ1n) is 5.08. The molecule has 1 aliphatic heterocycles. The van der Waals surface area contributed by atoms with Gasteiger partial charge in [0.2, 0.25) is 5.89 Å². The molecule has 0 saturated carbocycles. The van der Waals surface area contributed by atoms with E-state index in [1.54, 1.807) is 0 Å². The normalized spacial score (nSPS) is 18.2. The number of hydrogen-bond donors (Lipinski definition) is 1. The van der Waals surface area contributed by atoms with E-state index in [2.05, 4.69) is 36.2 Å². The van der Waals surface area contributed by atoms with Crippen molar-refractivity contribution in [2.24, 2.45) is 5.41 Å². The van der Waals surface area contributed by atoms with Gasteiger partial charge in [0, 0.05) is 25.4 Å². The fraction of sp³-hybridized carbons (Fsp3) is 0.800. The van der Waals surface area contributed by atoms with Crippen molar-refractivity contribution in [3.05, 3.63) is 11.7 Å². The van der Waals surface area contributed by atoms with Crippen molar-refractivity contribution in [3.8, 4) is 0 Å². The van der Waals surface area contributed by atoms with E-state index in [4.69, 9.17) is 4.52 Å². The minimum atomic E-state index is 0.210. The third-order valence-electron chi connectivity index (χ3n) is 2.31. The Morgan fingerprint density at radius 2 is 2.14 bits per heavy atom. The highest BCUT2D eigenvalue weighted by Crippen LogP contribution is 2.21. The molecule has 1 aliphatic rings. The van der Waals surface area contributed by atoms with Crippen molar-refractivity contribution < 1.29 is 4.52 Å². The zero-order chi connectivity index (χ0) is 10.2. The van der Waals surface area contributed by atoms with Gasteiger partial charge in [-0.2, -0.15) is 4.98 Å². The van der Waals surface area contributed by atoms with Gasteiger partial charge in [0.25, 0.3) is 0 Å². The third-order valence-corrected chi connectivity index (χ3v) is 2.31. The Morgan fingerprint density at radius 3 is 2.64 bits per heavy atom. The summed E-state index contributed by atoms with van der Waals surface area (Å²) < 4.78 is 5.21. The van der Waals surface area contributed by atoms with Crippen LogP contribution in [0, 0.1) is 5.41 Å². The molecule has 4 heteroatoms. The van der Waals surface area contributed by atoms with Crippen LogP contribution in [0.2, 0.25) is 0 Å². The van der Waals surface area contributed by atoms with Gasteiger partial charge in [-0.1, -0.05) is 25.9 Å². The quantitative estimate of drug-likeness (QED) is 0.773. The van der Waals surface area contributed by atoms with Crippen LogP contribution in [0.1, 0.15) is 38.4 Å². The van der Waals surface area contributed by atoms with Crippen molar-refractivity contribution in [3.63, 3.8) is 0 Å². The van der Waals surface area contributed by atoms with Crippen molar-refractivity contribution in [1.29, 1.82) is 0 Å². The van der Waals surface area contributed by atoms with Crippen LogP contribution < -0.4 is 5.32 Å². The Bertz CT molecular complexity index is 309. The Kier molecular flexibility index (Phi) is 2.31. The third kappa shape index (κ3) is 2.12. The predicted molar refractivity (Wildman–Crippen MR) is 53.1 cm³/mol. The molecule has 78 valence electrons. The van der Waals surface area contributed by atoms with Gasteiger partial charge >= 0.3 is 0 Å². The second kappa shape index (κ2) is 3.35. The molecule has 0 radical (unpaired) electrons. The van der Waals surface area contributed by atoms with Gasteiger partial charge in [-0.05, 0) is 5.41 Å². The molecule has 1 aromatic heterocycles. The second-order valence-corrected chi connectivity index (χ2v) is 5.14. The first-order valence-corrected chi connectivity index (χ1v) is 5.08. The topological polar surface area (TPSA) is 51.0 Å². The molecule has 0 atom stereocenters. The van der Waals surface area contributed by atoms with E-state index >= 15 is 0 Å². The van der Waals surface area contributed by atoms with Crippen molar-refractivity contribution in [1.82, 2.24) is 15.5 Å². The first kappa shape index (κ1) is 9.65. The van der Waals surface area contributed by atoms with Gasteiger partial charge in [-0.3, -0.25) is 0 Å². The lowest BCUT2D eigenvalue weighted by atomic mass is 9.92. The number of aromatic nitrogens is 2. The predicted octanol–water partition coefficient (Wildman–Crippen LogP) is 1.34. The summed E-state index contributed by atoms with van der Waals surface area (Å²) in [6.07, 6.45) is 0.847. The minimum absolute atomic E-state index is 0.210. The summed E-state index contributed by atoms with van der Waals surface area (Å²) in [5, 5.41) is 7.19. The van der Waals surface area contributed by atoms with E-state index in [9.17, 15) is 0 Å². The molecule has 4 nitrogen and oxygen atoms in total. The molecule has 0 aliphatic carbocycles. The van der Waals surface area contributed by atoms with Crippen molar-refractivity contribution in [2.75, 3.05) is 13.1 Å². The van der Waals surface area contributed by atoms with Crippen LogP contribution >= 0.6 is 0 Å². The molecular formula is C10H17N3O. The second-order valence-electron chi connectivity index (χ2n) is 5.14. The molecule has 0 spiro atoms. The molecule has 0 amide bonds. The van der Waals surface area contributed by atoms with E-state index in [1.807, 2.05) is 0 Å². The van der Waals surface area contributed by atoms with Crippen LogP contribution in [0.15, 0.2) is 4.52 Å². The summed E-state index contributed by atoms with van der Waals surface area (Å²) >= 11 is 0. The highest BCUT2D eigenvalue weighted by atomic mass is 16.5. The minimum Gasteiger partial charge on any atom is -0.339 e. The molecule has 1 saturated heterocycles. The highest BCUT2D eigenvalue weighted by molar-refractivity contribution is 5.02. The fourth-order valence-electron chi connectivity index (χ4n) is 1.43. The molecule has 1 N–H and O–H groups in total. The average molecular weight is 195 g/mol. The maximum Gasteiger partial charge on any atom is 0.227 e. The van der Waals surface area contributed by atoms with Gasteiger partial charge in [0.15, 0.2) is 5.82 Å². The summed E-state index contributed by atoms with van der Waals surface area (Å²) in [7, 11) is 0. The number of hydrogen-bond acceptors (Lipinski definition) is 4. The Balaban J connectivity index is 2.02. The summed E-state index contributed by atoms with van der Waals surface area (Å²) in [5.41, 5.74) is 0.210. The van der Waals surface area contributed by atoms with Crippen LogP contribution in [0.25, 0.3) is 0 Å². The van der Waals surface area contributed by atoms with Crippen LogP contribution in [-0.4, -0.2) is 23.2 Å². The van der Waals surface area contributed by atoms with Gasteiger partial charge in [0.1, 0.15) is 0 Å². The van der Waals surface area contributed by atoms with Crippen molar-refractivity contribution in [2.45, 2.75) is 33.1 Å². The summed E-state index contributed by atoms with van der Waals surface area (Å²) in [5.74, 6) is 2.09. The molecule has 0 unspecified atom stereocenters. The van der Waals surface area contributed by atoms with E-state index in [0.29, 0.717) is 5.92 Å². The maximum atomic E-state index is 5.21. The van der Waals surface area contributed by atoms with Gasteiger partial charge in [-0.15, -0.1) is 0 Å². The summed E-state index contributed by atoms with van der Waals surface area (Å²) in [6, 6.07) is 0. The molecule has 1 fully saturated rings. The van der Waals surface area contributed by atoms with Crippen LogP contribution in [-0.2, 0) is 6.42 Å². The zero-order valence-electron chi connectivity index (χ0n) is 9.00. The molecule has 1 aromatic rings. The highest BCUT2D eigenvalue weighted by Gasteiger charge is 2.25. The molecule has 14 heavy (non-hydrogen) atoms. The molecule has 2 heterocycles. The Morgan fingerprint density at radius 1 is 1.43 bits per heavy atom. The summed E-state index contributed by atoms with van der Waals surface area (Å²) in [4.78, 5) is 4.40. The number of rotatable bonds is 2. The Hall–Kier alpha value is -0.900. The smallest absolute Gasteiger partial charge is 0.227 e. The first-order chi connectivity index (χ1) is 6.54. The largest absolute Gasteiger partial charge is 0.339 e. The van der Waals surface area contributed by atoms with Crippen molar-refractivity contribution >= 4 is 0 Å². The van der Waals surface area contributed by atoms with Crippen LogP contribution in [0.5, 0.6) is 0 Å². The average Bonchev–Trinajstić information content (AvgIpc) is 2.28. The molecule has 0 aromatic carbocycles. The van der Waals surface area contributed by atoms with Crippen LogP contribution in [0.4, 0.5) is 0 Å². The van der Waals surface area contributed by atoms with Crippen LogP contribution in [0.3, 0.4) is 0 Å². The molecule has 0 bridgehead atoms. The lowest BCUT2D eigenvalue weighted by Crippen LogP contribution is -2.40. The molecular weight excluding hydrogens is 178 g/mol. The fourth-order valence-corrected chi connectivity index (χ4v) is 1.43. The van der Waals surface area contributed by atoms with E-state index in [0.717, 1.165) is 31.2 Å². The lowest BCUT2D eigenvalue weighted by Gasteiger charge is -2.23. The van der Waals surface area contributed by atoms with Gasteiger partial charge < -0.3 is 9.84 Å². The zero-order valence-corrected chi connectivity index (χ0v) is 9.00. The SMILES string of the molecule is CC(C)(C)Cc1nc(C2CNC2)no1. The summed E-state index contributed by atoms with van der Waals surface area (Å²) in [6.45, 7) is 8.47. The van der Waals surface area contributed by atoms with E-state index in [1.165, 1.54) is 0 Å². The monoisotopic (exact) mass is 195 g/mol. The number of nitrogens with one attached hydrogen (secondary N) is 1. The van der Waals surface area contributed by atoms with E-state index < -0.39 is 0 Å². The standard InChI is InChI=1S/C10H17N3O/c1-10(2,3)4-8-12-9(13-14-8)7-5-11-6-7/h7,11H,4-6H2,1-3H3.